The highest BCUT2D eigenvalue weighted by Gasteiger charge is 2.20. The molecule has 4 aromatic rings. The number of aliphatic hydroxyl groups is 1. The van der Waals surface area contributed by atoms with Gasteiger partial charge in [-0.25, -0.2) is 9.97 Å². The largest absolute Gasteiger partial charge is 0.490 e. The Morgan fingerprint density at radius 1 is 1.14 bits per heavy atom. The summed E-state index contributed by atoms with van der Waals surface area (Å²) in [6.45, 7) is 3.90. The number of ether oxygens (including phenoxy) is 2. The molecule has 1 atom stereocenters. The molecule has 1 saturated heterocycles. The van der Waals surface area contributed by atoms with E-state index < -0.39 is 0 Å². The molecule has 6 rings (SSSR count). The molecule has 2 aliphatic heterocycles. The lowest BCUT2D eigenvalue weighted by atomic mass is 10.1. The van der Waals surface area contributed by atoms with Crippen LogP contribution in [-0.4, -0.2) is 65.0 Å². The van der Waals surface area contributed by atoms with Crippen molar-refractivity contribution in [1.29, 1.82) is 0 Å². The number of imidazole rings is 1. The van der Waals surface area contributed by atoms with E-state index in [2.05, 4.69) is 50.8 Å². The maximum Gasteiger partial charge on any atom is 0.180 e. The second-order valence-electron chi connectivity index (χ2n) is 8.74. The molecule has 9 heteroatoms. The fourth-order valence-electron chi connectivity index (χ4n) is 4.62. The summed E-state index contributed by atoms with van der Waals surface area (Å²) < 4.78 is 13.4. The van der Waals surface area contributed by atoms with E-state index in [1.54, 1.807) is 6.20 Å². The Morgan fingerprint density at radius 2 is 2.06 bits per heavy atom. The summed E-state index contributed by atoms with van der Waals surface area (Å²) >= 11 is 0. The molecule has 1 unspecified atom stereocenters. The van der Waals surface area contributed by atoms with Crippen molar-refractivity contribution in [2.24, 2.45) is 0 Å². The van der Waals surface area contributed by atoms with Crippen LogP contribution in [0.5, 0.6) is 5.75 Å². The second-order valence-corrected chi connectivity index (χ2v) is 8.74. The number of morpholine rings is 1. The minimum absolute atomic E-state index is 0.0672. The number of hydrogen-bond donors (Lipinski definition) is 3. The fourth-order valence-corrected chi connectivity index (χ4v) is 4.62. The molecule has 0 amide bonds. The standard InChI is InChI=1S/C26H28N6O3/c33-12-7-21-16-31(11-14-34-21)20-4-2-19(3-5-20)29-25-26-28-8-10-32(26)17-23(30-25)18-1-6-24-22(15-18)27-9-13-35-24/h1-6,8,10,15,17,21,27,33H,7,9,11-14,16H2,(H,29,30). The number of rotatable bonds is 6. The van der Waals surface area contributed by atoms with Crippen molar-refractivity contribution in [3.8, 4) is 17.0 Å². The number of hydrogen-bond acceptors (Lipinski definition) is 8. The molecule has 1 fully saturated rings. The number of benzene rings is 2. The number of aromatic nitrogens is 3. The zero-order valence-corrected chi connectivity index (χ0v) is 19.4. The predicted molar refractivity (Wildman–Crippen MR) is 136 cm³/mol. The average molecular weight is 473 g/mol. The third kappa shape index (κ3) is 4.48. The maximum absolute atomic E-state index is 9.23. The summed E-state index contributed by atoms with van der Waals surface area (Å²) in [7, 11) is 0. The minimum Gasteiger partial charge on any atom is -0.490 e. The molecule has 35 heavy (non-hydrogen) atoms. The number of nitrogens with one attached hydrogen (secondary N) is 2. The van der Waals surface area contributed by atoms with Crippen LogP contribution in [0, 0.1) is 0 Å². The van der Waals surface area contributed by atoms with Crippen molar-refractivity contribution in [3.63, 3.8) is 0 Å². The summed E-state index contributed by atoms with van der Waals surface area (Å²) in [5.74, 6) is 1.56. The third-order valence-electron chi connectivity index (χ3n) is 6.41. The van der Waals surface area contributed by atoms with E-state index in [1.165, 1.54) is 0 Å². The van der Waals surface area contributed by atoms with Crippen molar-refractivity contribution in [2.45, 2.75) is 12.5 Å². The molecule has 0 saturated carbocycles. The Bertz CT molecular complexity index is 1320. The molecule has 3 N–H and O–H groups in total. The fraction of sp³-hybridized carbons (Fsp3) is 0.308. The summed E-state index contributed by atoms with van der Waals surface area (Å²) in [6.07, 6.45) is 6.42. The first-order chi connectivity index (χ1) is 17.3. The van der Waals surface area contributed by atoms with Crippen molar-refractivity contribution in [3.05, 3.63) is 61.1 Å². The molecule has 2 aromatic carbocycles. The van der Waals surface area contributed by atoms with Crippen LogP contribution >= 0.6 is 0 Å². The van der Waals surface area contributed by atoms with Gasteiger partial charge in [-0.15, -0.1) is 0 Å². The van der Waals surface area contributed by atoms with Gasteiger partial charge in [0.15, 0.2) is 11.5 Å². The zero-order chi connectivity index (χ0) is 23.6. The summed E-state index contributed by atoms with van der Waals surface area (Å²) in [6, 6.07) is 14.4. The van der Waals surface area contributed by atoms with E-state index in [9.17, 15) is 5.11 Å². The quantitative estimate of drug-likeness (QED) is 0.392. The highest BCUT2D eigenvalue weighted by molar-refractivity contribution is 5.76. The molecule has 2 aromatic heterocycles. The van der Waals surface area contributed by atoms with E-state index in [0.717, 1.165) is 59.4 Å². The number of anilines is 4. The van der Waals surface area contributed by atoms with Crippen LogP contribution in [0.25, 0.3) is 16.9 Å². The monoisotopic (exact) mass is 472 g/mol. The molecule has 4 heterocycles. The highest BCUT2D eigenvalue weighted by Crippen LogP contribution is 2.33. The van der Waals surface area contributed by atoms with E-state index in [1.807, 2.05) is 28.9 Å². The van der Waals surface area contributed by atoms with Crippen LogP contribution in [0.3, 0.4) is 0 Å². The molecule has 0 bridgehead atoms. The number of nitrogens with zero attached hydrogens (tertiary/aromatic N) is 4. The van der Waals surface area contributed by atoms with E-state index >= 15 is 0 Å². The molecule has 0 aliphatic carbocycles. The lowest BCUT2D eigenvalue weighted by Crippen LogP contribution is -2.42. The van der Waals surface area contributed by atoms with Crippen LogP contribution in [0.4, 0.5) is 22.9 Å². The van der Waals surface area contributed by atoms with Crippen molar-refractivity contribution < 1.29 is 14.6 Å². The zero-order valence-electron chi connectivity index (χ0n) is 19.4. The van der Waals surface area contributed by atoms with Gasteiger partial charge in [-0.05, 0) is 48.9 Å². The smallest absolute Gasteiger partial charge is 0.180 e. The summed E-state index contributed by atoms with van der Waals surface area (Å²) in [5, 5.41) is 16.1. The average Bonchev–Trinajstić information content (AvgIpc) is 3.38. The first-order valence-electron chi connectivity index (χ1n) is 12.0. The Kier molecular flexibility index (Phi) is 5.85. The number of aliphatic hydroxyl groups excluding tert-OH is 1. The Hall–Kier alpha value is -3.82. The van der Waals surface area contributed by atoms with E-state index in [4.69, 9.17) is 14.5 Å². The third-order valence-corrected chi connectivity index (χ3v) is 6.41. The van der Waals surface area contributed by atoms with E-state index in [0.29, 0.717) is 25.5 Å². The van der Waals surface area contributed by atoms with Gasteiger partial charge >= 0.3 is 0 Å². The highest BCUT2D eigenvalue weighted by atomic mass is 16.5. The van der Waals surface area contributed by atoms with Crippen LogP contribution in [0.15, 0.2) is 61.1 Å². The van der Waals surface area contributed by atoms with Gasteiger partial charge in [-0.1, -0.05) is 0 Å². The van der Waals surface area contributed by atoms with Gasteiger partial charge in [0, 0.05) is 61.8 Å². The Balaban J connectivity index is 1.25. The molecular weight excluding hydrogens is 444 g/mol. The maximum atomic E-state index is 9.23. The molecule has 0 radical (unpaired) electrons. The van der Waals surface area contributed by atoms with Crippen LogP contribution in [0.2, 0.25) is 0 Å². The van der Waals surface area contributed by atoms with Crippen molar-refractivity contribution in [1.82, 2.24) is 14.4 Å². The molecular formula is C26H28N6O3. The van der Waals surface area contributed by atoms with Gasteiger partial charge < -0.3 is 34.5 Å². The predicted octanol–water partition coefficient (Wildman–Crippen LogP) is 3.53. The number of fused-ring (bicyclic) bond motifs is 2. The second kappa shape index (κ2) is 9.44. The van der Waals surface area contributed by atoms with Gasteiger partial charge in [0.2, 0.25) is 0 Å². The Morgan fingerprint density at radius 3 is 2.94 bits per heavy atom. The van der Waals surface area contributed by atoms with Crippen molar-refractivity contribution in [2.75, 3.05) is 55.0 Å². The summed E-state index contributed by atoms with van der Waals surface area (Å²) in [4.78, 5) is 11.7. The van der Waals surface area contributed by atoms with Crippen LogP contribution in [0.1, 0.15) is 6.42 Å². The normalized spacial score (nSPS) is 17.5. The van der Waals surface area contributed by atoms with Gasteiger partial charge in [0.05, 0.1) is 24.1 Å². The molecule has 0 spiro atoms. The van der Waals surface area contributed by atoms with Crippen LogP contribution < -0.4 is 20.3 Å². The van der Waals surface area contributed by atoms with Gasteiger partial charge in [-0.2, -0.15) is 0 Å². The van der Waals surface area contributed by atoms with Gasteiger partial charge in [0.1, 0.15) is 12.4 Å². The lowest BCUT2D eigenvalue weighted by molar-refractivity contribution is 0.0247. The molecule has 9 nitrogen and oxygen atoms in total. The first kappa shape index (κ1) is 21.7. The molecule has 2 aliphatic rings. The topological polar surface area (TPSA) is 96.2 Å². The van der Waals surface area contributed by atoms with E-state index in [-0.39, 0.29) is 12.7 Å². The SMILES string of the molecule is OCCC1CN(c2ccc(Nc3nc(-c4ccc5c(c4)NCCO5)cn4ccnc34)cc2)CCO1. The lowest BCUT2D eigenvalue weighted by Gasteiger charge is -2.34. The molecule has 180 valence electrons. The first-order valence-corrected chi connectivity index (χ1v) is 12.0. The van der Waals surface area contributed by atoms with Crippen molar-refractivity contribution >= 4 is 28.5 Å². The van der Waals surface area contributed by atoms with Gasteiger partial charge in [-0.3, -0.25) is 0 Å². The summed E-state index contributed by atoms with van der Waals surface area (Å²) in [5.41, 5.74) is 5.66. The Labute approximate surface area is 203 Å². The van der Waals surface area contributed by atoms with Crippen LogP contribution in [-0.2, 0) is 4.74 Å². The minimum atomic E-state index is 0.0672. The van der Waals surface area contributed by atoms with Gasteiger partial charge in [0.25, 0.3) is 0 Å².